The Morgan fingerprint density at radius 1 is 0.581 bits per heavy atom. The molecule has 0 aliphatic carbocycles. The maximum absolute atomic E-state index is 14.1. The second-order valence-electron chi connectivity index (χ2n) is 16.2. The normalized spacial score (nSPS) is 16.6. The van der Waals surface area contributed by atoms with Crippen LogP contribution in [0, 0.1) is 5.92 Å². The van der Waals surface area contributed by atoms with E-state index in [4.69, 9.17) is 40.1 Å². The van der Waals surface area contributed by atoms with Crippen molar-refractivity contribution >= 4 is 47.4 Å². The van der Waals surface area contributed by atoms with Crippen molar-refractivity contribution in [3.8, 4) is 0 Å². The fourth-order valence-electron chi connectivity index (χ4n) is 6.95. The fourth-order valence-corrected chi connectivity index (χ4v) is 6.95. The quantitative estimate of drug-likeness (QED) is 0.0178. The Kier molecular flexibility index (Phi) is 27.9. The minimum atomic E-state index is -1.21. The molecule has 1 aliphatic heterocycles. The van der Waals surface area contributed by atoms with E-state index in [-0.39, 0.29) is 63.5 Å². The first-order valence-electron chi connectivity index (χ1n) is 22.2. The van der Waals surface area contributed by atoms with Crippen molar-refractivity contribution in [1.82, 2.24) is 31.5 Å². The van der Waals surface area contributed by atoms with Gasteiger partial charge in [0.25, 0.3) is 0 Å². The molecule has 6 amide bonds. The number of unbranched alkanes of at least 4 members (excludes halogenated alkanes) is 4. The average molecular weight is 883 g/mol. The first-order valence-corrected chi connectivity index (χ1v) is 22.2. The molecule has 0 unspecified atom stereocenters. The Morgan fingerprint density at radius 3 is 1.29 bits per heavy atom. The number of aliphatic imine (C=N–C) groups is 1. The third kappa shape index (κ3) is 21.0. The first kappa shape index (κ1) is 55.4. The van der Waals surface area contributed by atoms with E-state index in [9.17, 15) is 38.7 Å². The summed E-state index contributed by atoms with van der Waals surface area (Å²) < 4.78 is 0. The number of nitrogens with one attached hydrogen (secondary N) is 5. The number of rotatable bonds is 33. The summed E-state index contributed by atoms with van der Waals surface area (Å²) in [4.78, 5) is 99.9. The third-order valence-corrected chi connectivity index (χ3v) is 10.7. The highest BCUT2D eigenvalue weighted by molar-refractivity contribution is 5.97. The number of nitrogens with two attached hydrogens (primary N) is 7. The van der Waals surface area contributed by atoms with Gasteiger partial charge in [-0.25, -0.2) is 4.79 Å². The number of hydrogen-bond acceptors (Lipinski definition) is 13. The van der Waals surface area contributed by atoms with Crippen molar-refractivity contribution in [2.45, 2.75) is 159 Å². The molecule has 22 heteroatoms. The van der Waals surface area contributed by atoms with Gasteiger partial charge in [0.05, 0.1) is 6.04 Å². The standard InChI is InChI=1S/C40H78N14O8/c1-25(2)32(45)37(59)52-28(15-5-9-21-43)34(56)51-29(17-11-23-48-40(46)47)35(57)49-26(13-3-7-19-41)33(55)50-27(14-4-8-20-42)36(58)53-30(16-6-10-22-44)38(60)54-24-12-18-31(54)39(61)62/h25-32H,3-24,41-45H2,1-2H3,(H,49,57)(H,50,55)(H,51,56)(H,52,59)(H,53,58)(H,61,62)(H4,46,47,48)/t26-,27-,28-,29-,30-,31-,32-/m0/s1. The highest BCUT2D eigenvalue weighted by Crippen LogP contribution is 2.20. The smallest absolute Gasteiger partial charge is 0.326 e. The molecule has 1 fully saturated rings. The van der Waals surface area contributed by atoms with Crippen LogP contribution in [-0.2, 0) is 33.6 Å². The van der Waals surface area contributed by atoms with Crippen LogP contribution in [0.5, 0.6) is 0 Å². The van der Waals surface area contributed by atoms with Crippen LogP contribution >= 0.6 is 0 Å². The molecule has 22 nitrogen and oxygen atoms in total. The molecule has 62 heavy (non-hydrogen) atoms. The Hall–Kier alpha value is -4.64. The number of hydrogen-bond donors (Lipinski definition) is 13. The van der Waals surface area contributed by atoms with Gasteiger partial charge in [0.1, 0.15) is 36.3 Å². The lowest BCUT2D eigenvalue weighted by Crippen LogP contribution is -2.60. The van der Waals surface area contributed by atoms with Gasteiger partial charge in [0.15, 0.2) is 5.96 Å². The van der Waals surface area contributed by atoms with Crippen molar-refractivity contribution in [2.75, 3.05) is 39.3 Å². The van der Waals surface area contributed by atoms with E-state index in [0.717, 1.165) is 0 Å². The van der Waals surface area contributed by atoms with Gasteiger partial charge >= 0.3 is 5.97 Å². The highest BCUT2D eigenvalue weighted by Gasteiger charge is 2.39. The van der Waals surface area contributed by atoms with Gasteiger partial charge in [0.2, 0.25) is 35.4 Å². The summed E-state index contributed by atoms with van der Waals surface area (Å²) in [6.07, 6.45) is 5.80. The van der Waals surface area contributed by atoms with E-state index in [1.807, 2.05) is 0 Å². The highest BCUT2D eigenvalue weighted by atomic mass is 16.4. The molecule has 0 spiro atoms. The predicted molar refractivity (Wildman–Crippen MR) is 236 cm³/mol. The molecule has 7 atom stereocenters. The number of carbonyl (C=O) groups is 7. The molecule has 0 aromatic heterocycles. The van der Waals surface area contributed by atoms with Crippen LogP contribution in [0.15, 0.2) is 4.99 Å². The Labute approximate surface area is 366 Å². The first-order chi connectivity index (χ1) is 29.5. The average Bonchev–Trinajstić information content (AvgIpc) is 3.73. The lowest BCUT2D eigenvalue weighted by molar-refractivity contribution is -0.149. The largest absolute Gasteiger partial charge is 0.480 e. The number of guanidine groups is 1. The zero-order chi connectivity index (χ0) is 46.6. The summed E-state index contributed by atoms with van der Waals surface area (Å²) in [6, 6.07) is -7.58. The molecule has 0 saturated carbocycles. The molecule has 0 bridgehead atoms. The van der Waals surface area contributed by atoms with Gasteiger partial charge in [-0.2, -0.15) is 0 Å². The van der Waals surface area contributed by atoms with E-state index in [2.05, 4.69) is 31.6 Å². The van der Waals surface area contributed by atoms with Gasteiger partial charge in [-0.1, -0.05) is 13.8 Å². The van der Waals surface area contributed by atoms with Crippen LogP contribution < -0.4 is 66.7 Å². The van der Waals surface area contributed by atoms with Crippen molar-refractivity contribution < 1.29 is 38.7 Å². The number of nitrogens with zero attached hydrogens (tertiary/aromatic N) is 2. The number of carboxylic acid groups (broad SMARTS) is 1. The third-order valence-electron chi connectivity index (χ3n) is 10.7. The number of carboxylic acids is 1. The molecular weight excluding hydrogens is 805 g/mol. The minimum absolute atomic E-state index is 0.0455. The fraction of sp³-hybridized carbons (Fsp3) is 0.800. The van der Waals surface area contributed by atoms with E-state index in [1.165, 1.54) is 4.90 Å². The molecular formula is C40H78N14O8. The van der Waals surface area contributed by atoms with Gasteiger partial charge in [-0.05, 0) is 135 Å². The molecule has 0 aromatic rings. The topological polar surface area (TPSA) is 398 Å². The Morgan fingerprint density at radius 2 is 0.935 bits per heavy atom. The van der Waals surface area contributed by atoms with Crippen LogP contribution in [0.2, 0.25) is 0 Å². The summed E-state index contributed by atoms with van der Waals surface area (Å²) >= 11 is 0. The van der Waals surface area contributed by atoms with Gasteiger partial charge < -0.3 is 76.7 Å². The van der Waals surface area contributed by atoms with Gasteiger partial charge in [-0.15, -0.1) is 0 Å². The maximum atomic E-state index is 14.1. The summed E-state index contributed by atoms with van der Waals surface area (Å²) in [5, 5.41) is 23.5. The van der Waals surface area contributed by atoms with E-state index >= 15 is 0 Å². The summed E-state index contributed by atoms with van der Waals surface area (Å²) in [6.45, 7) is 5.26. The van der Waals surface area contributed by atoms with Crippen LogP contribution in [0.25, 0.3) is 0 Å². The second-order valence-corrected chi connectivity index (χ2v) is 16.2. The Balaban J connectivity index is 3.45. The van der Waals surface area contributed by atoms with Crippen molar-refractivity contribution in [3.05, 3.63) is 0 Å². The summed E-state index contributed by atoms with van der Waals surface area (Å²) in [5.74, 6) is -5.28. The second kappa shape index (κ2) is 31.2. The van der Waals surface area contributed by atoms with Gasteiger partial charge in [0, 0.05) is 13.1 Å². The summed E-state index contributed by atoms with van der Waals surface area (Å²) in [5.41, 5.74) is 39.9. The molecule has 1 saturated heterocycles. The van der Waals surface area contributed by atoms with Crippen LogP contribution in [0.4, 0.5) is 0 Å². The van der Waals surface area contributed by atoms with E-state index in [0.29, 0.717) is 90.4 Å². The summed E-state index contributed by atoms with van der Waals surface area (Å²) in [7, 11) is 0. The molecule has 1 heterocycles. The van der Waals surface area contributed by atoms with E-state index in [1.54, 1.807) is 13.8 Å². The SMILES string of the molecule is CC(C)[C@H](N)C(=O)N[C@@H](CCCCN)C(=O)N[C@@H](CCCN=C(N)N)C(=O)N[C@@H](CCCCN)C(=O)N[C@@H](CCCCN)C(=O)N[C@@H](CCCCN)C(=O)N1CCC[C@H]1C(=O)O. The molecule has 1 rings (SSSR count). The van der Waals surface area contributed by atoms with Crippen LogP contribution in [0.1, 0.15) is 117 Å². The van der Waals surface area contributed by atoms with Crippen molar-refractivity contribution in [3.63, 3.8) is 0 Å². The lowest BCUT2D eigenvalue weighted by atomic mass is 10.0. The zero-order valence-corrected chi connectivity index (χ0v) is 36.9. The molecule has 0 radical (unpaired) electrons. The van der Waals surface area contributed by atoms with Gasteiger partial charge in [-0.3, -0.25) is 33.8 Å². The van der Waals surface area contributed by atoms with Crippen molar-refractivity contribution in [1.29, 1.82) is 0 Å². The molecule has 356 valence electrons. The number of likely N-dealkylation sites (tertiary alicyclic amines) is 1. The predicted octanol–water partition coefficient (Wildman–Crippen LogP) is -2.96. The Bertz CT molecular complexity index is 1430. The minimum Gasteiger partial charge on any atom is -0.480 e. The van der Waals surface area contributed by atoms with Crippen LogP contribution in [0.3, 0.4) is 0 Å². The van der Waals surface area contributed by atoms with E-state index < -0.39 is 83.7 Å². The maximum Gasteiger partial charge on any atom is 0.326 e. The molecule has 0 aromatic carbocycles. The zero-order valence-electron chi connectivity index (χ0n) is 36.9. The molecule has 20 N–H and O–H groups in total. The number of amides is 6. The number of carbonyl (C=O) groups excluding carboxylic acids is 6. The molecule has 1 aliphatic rings. The number of aliphatic carboxylic acids is 1. The van der Waals surface area contributed by atoms with Crippen molar-refractivity contribution in [2.24, 2.45) is 51.0 Å². The monoisotopic (exact) mass is 883 g/mol. The lowest BCUT2D eigenvalue weighted by Gasteiger charge is -2.29. The van der Waals surface area contributed by atoms with Crippen LogP contribution in [-0.4, -0.2) is 139 Å².